The molecule has 1 aliphatic heterocycles. The molecule has 126 valence electrons. The number of piperidine rings is 1. The summed E-state index contributed by atoms with van der Waals surface area (Å²) in [4.78, 5) is 25.8. The van der Waals surface area contributed by atoms with Gasteiger partial charge in [-0.2, -0.15) is 0 Å². The van der Waals surface area contributed by atoms with Crippen molar-refractivity contribution in [1.82, 2.24) is 4.90 Å². The van der Waals surface area contributed by atoms with Gasteiger partial charge in [0.2, 0.25) is 0 Å². The van der Waals surface area contributed by atoms with Gasteiger partial charge in [-0.3, -0.25) is 9.59 Å². The third-order valence-electron chi connectivity index (χ3n) is 4.22. The first-order chi connectivity index (χ1) is 11.1. The third-order valence-corrected chi connectivity index (χ3v) is 4.22. The van der Waals surface area contributed by atoms with Gasteiger partial charge in [-0.1, -0.05) is 6.92 Å². The summed E-state index contributed by atoms with van der Waals surface area (Å²) in [5.41, 5.74) is 5.58. The first-order valence-corrected chi connectivity index (χ1v) is 7.97. The molecule has 0 spiro atoms. The molecule has 23 heavy (non-hydrogen) atoms. The number of carbonyl (C=O) groups excluding carboxylic acids is 2. The Hall–Kier alpha value is -2.24. The number of rotatable bonds is 6. The molecule has 6 nitrogen and oxygen atoms in total. The van der Waals surface area contributed by atoms with E-state index < -0.39 is 5.91 Å². The van der Waals surface area contributed by atoms with Crippen LogP contribution < -0.4 is 15.2 Å². The zero-order valence-corrected chi connectivity index (χ0v) is 13.7. The Morgan fingerprint density at radius 1 is 1.35 bits per heavy atom. The van der Waals surface area contributed by atoms with Crippen molar-refractivity contribution in [3.63, 3.8) is 0 Å². The number of amides is 2. The molecule has 2 rings (SSSR count). The van der Waals surface area contributed by atoms with E-state index in [1.807, 2.05) is 4.90 Å². The summed E-state index contributed by atoms with van der Waals surface area (Å²) in [6.45, 7) is 2.75. The minimum Gasteiger partial charge on any atom is -0.497 e. The van der Waals surface area contributed by atoms with Gasteiger partial charge in [0.25, 0.3) is 11.8 Å². The number of primary amides is 1. The van der Waals surface area contributed by atoms with Crippen molar-refractivity contribution in [2.75, 3.05) is 20.3 Å². The SMILES string of the molecule is CC[C@H]1CCCCN1C(=O)COc1cc(OC)ccc1C(N)=O. The predicted octanol–water partition coefficient (Wildman–Crippen LogP) is 1.96. The molecular weight excluding hydrogens is 296 g/mol. The van der Waals surface area contributed by atoms with Crippen LogP contribution >= 0.6 is 0 Å². The zero-order valence-electron chi connectivity index (χ0n) is 13.7. The largest absolute Gasteiger partial charge is 0.497 e. The molecule has 1 aromatic carbocycles. The average Bonchev–Trinajstić information content (AvgIpc) is 2.59. The molecule has 1 atom stereocenters. The van der Waals surface area contributed by atoms with Gasteiger partial charge in [0.1, 0.15) is 11.5 Å². The Morgan fingerprint density at radius 2 is 2.13 bits per heavy atom. The van der Waals surface area contributed by atoms with Crippen molar-refractivity contribution < 1.29 is 19.1 Å². The van der Waals surface area contributed by atoms with Gasteiger partial charge in [0.15, 0.2) is 6.61 Å². The maximum Gasteiger partial charge on any atom is 0.260 e. The van der Waals surface area contributed by atoms with Crippen molar-refractivity contribution in [2.24, 2.45) is 5.73 Å². The summed E-state index contributed by atoms with van der Waals surface area (Å²) in [7, 11) is 1.52. The molecule has 0 saturated carbocycles. The van der Waals surface area contributed by atoms with E-state index in [1.54, 1.807) is 12.1 Å². The highest BCUT2D eigenvalue weighted by atomic mass is 16.5. The molecule has 6 heteroatoms. The molecule has 0 aromatic heterocycles. The summed E-state index contributed by atoms with van der Waals surface area (Å²) >= 11 is 0. The van der Waals surface area contributed by atoms with Gasteiger partial charge in [-0.25, -0.2) is 0 Å². The van der Waals surface area contributed by atoms with Crippen LogP contribution in [0.3, 0.4) is 0 Å². The lowest BCUT2D eigenvalue weighted by Crippen LogP contribution is -2.45. The summed E-state index contributed by atoms with van der Waals surface area (Å²) in [6, 6.07) is 5.02. The monoisotopic (exact) mass is 320 g/mol. The second-order valence-electron chi connectivity index (χ2n) is 5.66. The van der Waals surface area contributed by atoms with Crippen LogP contribution in [0.1, 0.15) is 43.0 Å². The van der Waals surface area contributed by atoms with E-state index in [9.17, 15) is 9.59 Å². The highest BCUT2D eigenvalue weighted by Crippen LogP contribution is 2.25. The number of nitrogens with zero attached hydrogens (tertiary/aromatic N) is 1. The molecule has 1 fully saturated rings. The Balaban J connectivity index is 2.07. The number of carbonyl (C=O) groups is 2. The summed E-state index contributed by atoms with van der Waals surface area (Å²) < 4.78 is 10.7. The van der Waals surface area contributed by atoms with Crippen LogP contribution in [-0.4, -0.2) is 43.0 Å². The predicted molar refractivity (Wildman–Crippen MR) is 86.6 cm³/mol. The van der Waals surface area contributed by atoms with Gasteiger partial charge >= 0.3 is 0 Å². The van der Waals surface area contributed by atoms with E-state index in [-0.39, 0.29) is 29.9 Å². The lowest BCUT2D eigenvalue weighted by atomic mass is 10.00. The number of ether oxygens (including phenoxy) is 2. The normalized spacial score (nSPS) is 17.7. The third kappa shape index (κ3) is 4.15. The molecule has 0 aliphatic carbocycles. The molecule has 1 saturated heterocycles. The van der Waals surface area contributed by atoms with E-state index >= 15 is 0 Å². The van der Waals surface area contributed by atoms with Crippen LogP contribution in [0.5, 0.6) is 11.5 Å². The minimum atomic E-state index is -0.598. The van der Waals surface area contributed by atoms with E-state index in [0.29, 0.717) is 5.75 Å². The molecule has 1 heterocycles. The maximum atomic E-state index is 12.4. The molecule has 1 aliphatic rings. The number of hydrogen-bond donors (Lipinski definition) is 1. The van der Waals surface area contributed by atoms with Crippen LogP contribution in [0.25, 0.3) is 0 Å². The molecule has 1 aromatic rings. The highest BCUT2D eigenvalue weighted by Gasteiger charge is 2.25. The number of likely N-dealkylation sites (tertiary alicyclic amines) is 1. The maximum absolute atomic E-state index is 12.4. The average molecular weight is 320 g/mol. The molecule has 0 unspecified atom stereocenters. The molecular formula is C17H24N2O4. The Bertz CT molecular complexity index is 574. The topological polar surface area (TPSA) is 81.9 Å². The van der Waals surface area contributed by atoms with E-state index in [2.05, 4.69) is 6.92 Å². The van der Waals surface area contributed by atoms with Gasteiger partial charge in [0, 0.05) is 18.7 Å². The van der Waals surface area contributed by atoms with Crippen molar-refractivity contribution in [1.29, 1.82) is 0 Å². The van der Waals surface area contributed by atoms with Crippen LogP contribution in [0.4, 0.5) is 0 Å². The fourth-order valence-corrected chi connectivity index (χ4v) is 2.93. The second-order valence-corrected chi connectivity index (χ2v) is 5.66. The van der Waals surface area contributed by atoms with E-state index in [1.165, 1.54) is 13.2 Å². The lowest BCUT2D eigenvalue weighted by molar-refractivity contribution is -0.137. The van der Waals surface area contributed by atoms with E-state index in [0.717, 1.165) is 32.2 Å². The minimum absolute atomic E-state index is 0.0604. The molecule has 2 amide bonds. The Kier molecular flexibility index (Phi) is 5.84. The van der Waals surface area contributed by atoms with Gasteiger partial charge < -0.3 is 20.1 Å². The lowest BCUT2D eigenvalue weighted by Gasteiger charge is -2.35. The number of benzene rings is 1. The van der Waals surface area contributed by atoms with Crippen LogP contribution in [-0.2, 0) is 4.79 Å². The molecule has 0 radical (unpaired) electrons. The smallest absolute Gasteiger partial charge is 0.260 e. The molecule has 2 N–H and O–H groups in total. The Labute approximate surface area is 136 Å². The van der Waals surface area contributed by atoms with Gasteiger partial charge in [-0.05, 0) is 37.8 Å². The van der Waals surface area contributed by atoms with Crippen LogP contribution in [0.2, 0.25) is 0 Å². The molecule has 0 bridgehead atoms. The van der Waals surface area contributed by atoms with Crippen molar-refractivity contribution in [3.05, 3.63) is 23.8 Å². The zero-order chi connectivity index (χ0) is 16.8. The summed E-state index contributed by atoms with van der Waals surface area (Å²) in [5, 5.41) is 0. The van der Waals surface area contributed by atoms with E-state index in [4.69, 9.17) is 15.2 Å². The van der Waals surface area contributed by atoms with Crippen molar-refractivity contribution in [3.8, 4) is 11.5 Å². The summed E-state index contributed by atoms with van der Waals surface area (Å²) in [5.74, 6) is 0.159. The number of nitrogens with two attached hydrogens (primary N) is 1. The van der Waals surface area contributed by atoms with Crippen LogP contribution in [0.15, 0.2) is 18.2 Å². The quantitative estimate of drug-likeness (QED) is 0.868. The number of methoxy groups -OCH3 is 1. The first kappa shape index (κ1) is 17.1. The van der Waals surface area contributed by atoms with Crippen molar-refractivity contribution >= 4 is 11.8 Å². The van der Waals surface area contributed by atoms with Crippen molar-refractivity contribution in [2.45, 2.75) is 38.6 Å². The summed E-state index contributed by atoms with van der Waals surface area (Å²) in [6.07, 6.45) is 4.16. The van der Waals surface area contributed by atoms with Gasteiger partial charge in [0.05, 0.1) is 12.7 Å². The standard InChI is InChI=1S/C17H24N2O4/c1-3-12-6-4-5-9-19(12)16(20)11-23-15-10-13(22-2)7-8-14(15)17(18)21/h7-8,10,12H,3-6,9,11H2,1-2H3,(H2,18,21)/t12-/m0/s1. The fourth-order valence-electron chi connectivity index (χ4n) is 2.93. The van der Waals surface area contributed by atoms with Crippen LogP contribution in [0, 0.1) is 0 Å². The van der Waals surface area contributed by atoms with Gasteiger partial charge in [-0.15, -0.1) is 0 Å². The first-order valence-electron chi connectivity index (χ1n) is 7.97. The second kappa shape index (κ2) is 7.85. The highest BCUT2D eigenvalue weighted by molar-refractivity contribution is 5.96. The fraction of sp³-hybridized carbons (Fsp3) is 0.529. The number of hydrogen-bond acceptors (Lipinski definition) is 4. The Morgan fingerprint density at radius 3 is 2.78 bits per heavy atom.